The van der Waals surface area contributed by atoms with Crippen LogP contribution in [0.25, 0.3) is 10.8 Å². The van der Waals surface area contributed by atoms with Gasteiger partial charge in [0.05, 0.1) is 17.2 Å². The van der Waals surface area contributed by atoms with E-state index in [1.165, 1.54) is 18.2 Å². The maximum absolute atomic E-state index is 12.3. The van der Waals surface area contributed by atoms with Gasteiger partial charge >= 0.3 is 0 Å². The number of nitrogen functional groups attached to an aromatic ring is 1. The molecule has 0 unspecified atom stereocenters. The van der Waals surface area contributed by atoms with Crippen LogP contribution in [0.3, 0.4) is 0 Å². The number of carbonyl (C=O) groups excluding carboxylic acids is 2. The van der Waals surface area contributed by atoms with Gasteiger partial charge in [0.2, 0.25) is 12.3 Å². The van der Waals surface area contributed by atoms with Crippen LogP contribution in [0, 0.1) is 0 Å². The first-order chi connectivity index (χ1) is 14.8. The number of aromatic nitrogens is 1. The normalized spacial score (nSPS) is 11.1. The number of nitrogens with two attached hydrogens (primary N) is 1. The maximum atomic E-state index is 12.3. The smallest absolute Gasteiger partial charge is 0.239 e. The van der Waals surface area contributed by atoms with Gasteiger partial charge in [0, 0.05) is 29.5 Å². The highest BCUT2D eigenvalue weighted by Crippen LogP contribution is 2.23. The Morgan fingerprint density at radius 2 is 1.90 bits per heavy atom. The number of amides is 2. The summed E-state index contributed by atoms with van der Waals surface area (Å²) < 4.78 is 24.7. The molecule has 0 spiro atoms. The lowest BCUT2D eigenvalue weighted by molar-refractivity contribution is -0.119. The predicted octanol–water partition coefficient (Wildman–Crippen LogP) is 1.91. The Morgan fingerprint density at radius 3 is 2.65 bits per heavy atom. The molecule has 0 saturated heterocycles. The Morgan fingerprint density at radius 1 is 1.13 bits per heavy atom. The topological polar surface area (TPSA) is 143 Å². The molecular weight excluding hydrogens is 418 g/mol. The largest absolute Gasteiger partial charge is 0.383 e. The van der Waals surface area contributed by atoms with Crippen molar-refractivity contribution in [2.24, 2.45) is 0 Å². The molecule has 2 aromatic carbocycles. The van der Waals surface area contributed by atoms with Crippen molar-refractivity contribution in [1.82, 2.24) is 10.3 Å². The third-order valence-corrected chi connectivity index (χ3v) is 6.55. The molecule has 0 aliphatic heterocycles. The van der Waals surface area contributed by atoms with Crippen molar-refractivity contribution in [3.63, 3.8) is 0 Å². The van der Waals surface area contributed by atoms with Crippen LogP contribution in [0.2, 0.25) is 0 Å². The van der Waals surface area contributed by atoms with Gasteiger partial charge in [-0.15, -0.1) is 0 Å². The molecule has 0 saturated carbocycles. The Balaban J connectivity index is 1.67. The van der Waals surface area contributed by atoms with E-state index in [2.05, 4.69) is 20.9 Å². The first-order valence-electron chi connectivity index (χ1n) is 9.54. The first-order valence-corrected chi connectivity index (χ1v) is 11.2. The zero-order chi connectivity index (χ0) is 22.4. The minimum absolute atomic E-state index is 0.00335. The number of pyridine rings is 1. The third-order valence-electron chi connectivity index (χ3n) is 4.73. The van der Waals surface area contributed by atoms with Crippen molar-refractivity contribution in [3.8, 4) is 0 Å². The molecule has 10 heteroatoms. The average molecular weight is 442 g/mol. The van der Waals surface area contributed by atoms with Crippen LogP contribution in [-0.4, -0.2) is 38.0 Å². The lowest BCUT2D eigenvalue weighted by atomic mass is 10.1. The quantitative estimate of drug-likeness (QED) is 0.371. The molecule has 162 valence electrons. The first kappa shape index (κ1) is 22.0. The number of hydrogen-bond acceptors (Lipinski definition) is 7. The number of benzene rings is 2. The van der Waals surface area contributed by atoms with Gasteiger partial charge in [-0.3, -0.25) is 9.59 Å². The van der Waals surface area contributed by atoms with E-state index in [1.807, 2.05) is 18.2 Å². The number of nitrogens with one attached hydrogen (secondary N) is 3. The molecule has 2 amide bonds. The minimum Gasteiger partial charge on any atom is -0.383 e. The van der Waals surface area contributed by atoms with E-state index in [0.29, 0.717) is 23.5 Å². The van der Waals surface area contributed by atoms with Crippen molar-refractivity contribution >= 4 is 50.1 Å². The molecule has 5 N–H and O–H groups in total. The SMILES string of the molecule is CCS(=O)(=O)c1ccc(NC=O)cc1CNC(=O)CNc1ccc2c(N)nccc2c1. The Hall–Kier alpha value is -3.66. The van der Waals surface area contributed by atoms with Crippen molar-refractivity contribution < 1.29 is 18.0 Å². The number of fused-ring (bicyclic) bond motifs is 1. The van der Waals surface area contributed by atoms with Gasteiger partial charge < -0.3 is 21.7 Å². The molecule has 3 rings (SSSR count). The summed E-state index contributed by atoms with van der Waals surface area (Å²) in [6.45, 7) is 1.55. The summed E-state index contributed by atoms with van der Waals surface area (Å²) in [6.07, 6.45) is 2.12. The van der Waals surface area contributed by atoms with Gasteiger partial charge in [-0.1, -0.05) is 6.92 Å². The molecule has 0 aliphatic carbocycles. The fourth-order valence-electron chi connectivity index (χ4n) is 3.08. The summed E-state index contributed by atoms with van der Waals surface area (Å²) in [6, 6.07) is 11.8. The number of carbonyl (C=O) groups is 2. The van der Waals surface area contributed by atoms with Crippen LogP contribution in [0.15, 0.2) is 53.6 Å². The molecule has 0 aliphatic rings. The predicted molar refractivity (Wildman–Crippen MR) is 120 cm³/mol. The average Bonchev–Trinajstić information content (AvgIpc) is 2.76. The summed E-state index contributed by atoms with van der Waals surface area (Å²) >= 11 is 0. The van der Waals surface area contributed by atoms with Crippen molar-refractivity contribution in [2.75, 3.05) is 28.7 Å². The zero-order valence-electron chi connectivity index (χ0n) is 16.9. The van der Waals surface area contributed by atoms with E-state index in [9.17, 15) is 18.0 Å². The van der Waals surface area contributed by atoms with Crippen LogP contribution in [0.1, 0.15) is 12.5 Å². The standard InChI is InChI=1S/C21H23N5O4S/c1-2-31(29,30)19-6-4-17(26-13-27)10-15(19)11-25-20(28)12-24-16-3-5-18-14(9-16)7-8-23-21(18)22/h3-10,13,24H,2,11-12H2,1H3,(H2,22,23)(H,25,28)(H,26,27). The van der Waals surface area contributed by atoms with Gasteiger partial charge in [0.25, 0.3) is 0 Å². The van der Waals surface area contributed by atoms with Crippen molar-refractivity contribution in [2.45, 2.75) is 18.4 Å². The van der Waals surface area contributed by atoms with Gasteiger partial charge in [-0.2, -0.15) is 0 Å². The number of anilines is 3. The van der Waals surface area contributed by atoms with E-state index >= 15 is 0 Å². The summed E-state index contributed by atoms with van der Waals surface area (Å²) in [7, 11) is -3.49. The molecule has 1 heterocycles. The minimum atomic E-state index is -3.49. The highest BCUT2D eigenvalue weighted by atomic mass is 32.2. The molecule has 0 atom stereocenters. The van der Waals surface area contributed by atoms with Crippen molar-refractivity contribution in [1.29, 1.82) is 0 Å². The van der Waals surface area contributed by atoms with E-state index < -0.39 is 9.84 Å². The highest BCUT2D eigenvalue weighted by Gasteiger charge is 2.17. The molecule has 1 aromatic heterocycles. The van der Waals surface area contributed by atoms with E-state index in [4.69, 9.17) is 5.73 Å². The molecule has 0 bridgehead atoms. The fraction of sp³-hybridized carbons (Fsp3) is 0.190. The molecule has 9 nitrogen and oxygen atoms in total. The van der Waals surface area contributed by atoms with Crippen LogP contribution < -0.4 is 21.7 Å². The molecule has 3 aromatic rings. The van der Waals surface area contributed by atoms with E-state index in [-0.39, 0.29) is 29.6 Å². The molecular formula is C21H23N5O4S. The van der Waals surface area contributed by atoms with Crippen molar-refractivity contribution in [3.05, 3.63) is 54.2 Å². The van der Waals surface area contributed by atoms with Gasteiger partial charge in [0.1, 0.15) is 5.82 Å². The molecule has 0 fully saturated rings. The summed E-state index contributed by atoms with van der Waals surface area (Å²) in [5.41, 5.74) is 7.42. The molecule has 31 heavy (non-hydrogen) atoms. The maximum Gasteiger partial charge on any atom is 0.239 e. The van der Waals surface area contributed by atoms with Crippen LogP contribution in [0.4, 0.5) is 17.2 Å². The second-order valence-electron chi connectivity index (χ2n) is 6.75. The number of hydrogen-bond donors (Lipinski definition) is 4. The second-order valence-corrected chi connectivity index (χ2v) is 9.00. The van der Waals surface area contributed by atoms with Crippen LogP contribution in [-0.2, 0) is 26.0 Å². The lowest BCUT2D eigenvalue weighted by Gasteiger charge is -2.13. The van der Waals surface area contributed by atoms with E-state index in [1.54, 1.807) is 19.2 Å². The molecule has 0 radical (unpaired) electrons. The lowest BCUT2D eigenvalue weighted by Crippen LogP contribution is -2.30. The van der Waals surface area contributed by atoms with Gasteiger partial charge in [-0.05, 0) is 53.4 Å². The highest BCUT2D eigenvalue weighted by molar-refractivity contribution is 7.91. The van der Waals surface area contributed by atoms with Crippen LogP contribution in [0.5, 0.6) is 0 Å². The second kappa shape index (κ2) is 9.43. The third kappa shape index (κ3) is 5.28. The summed E-state index contributed by atoms with van der Waals surface area (Å²) in [5.74, 6) is 0.0478. The Bertz CT molecular complexity index is 1230. The van der Waals surface area contributed by atoms with Gasteiger partial charge in [0.15, 0.2) is 9.84 Å². The van der Waals surface area contributed by atoms with Crippen LogP contribution >= 0.6 is 0 Å². The van der Waals surface area contributed by atoms with E-state index in [0.717, 1.165) is 16.5 Å². The zero-order valence-corrected chi connectivity index (χ0v) is 17.7. The van der Waals surface area contributed by atoms with Gasteiger partial charge in [-0.25, -0.2) is 13.4 Å². The fourth-order valence-corrected chi connectivity index (χ4v) is 4.20. The number of nitrogens with zero attached hydrogens (tertiary/aromatic N) is 1. The summed E-state index contributed by atoms with van der Waals surface area (Å²) in [5, 5.41) is 9.94. The Kier molecular flexibility index (Phi) is 6.71. The number of rotatable bonds is 9. The monoisotopic (exact) mass is 441 g/mol. The number of sulfone groups is 1. The Labute approximate surface area is 180 Å². The summed E-state index contributed by atoms with van der Waals surface area (Å²) in [4.78, 5) is 27.2.